The Hall–Kier alpha value is -4.77. The molecule has 2 fully saturated rings. The molecule has 4 aliphatic rings. The Balaban J connectivity index is 1.08. The third-order valence-corrected chi connectivity index (χ3v) is 11.4. The number of nitrogens with one attached hydrogen (secondary N) is 3. The second-order valence-corrected chi connectivity index (χ2v) is 14.4. The Bertz CT molecular complexity index is 1800. The highest BCUT2D eigenvalue weighted by molar-refractivity contribution is 6.06. The maximum Gasteiger partial charge on any atom is 0.319 e. The highest BCUT2D eigenvalue weighted by Crippen LogP contribution is 2.47. The van der Waals surface area contributed by atoms with Gasteiger partial charge in [-0.3, -0.25) is 14.4 Å². The van der Waals surface area contributed by atoms with Gasteiger partial charge in [0, 0.05) is 56.7 Å². The van der Waals surface area contributed by atoms with Crippen LogP contribution in [0, 0.1) is 5.41 Å². The van der Waals surface area contributed by atoms with Crippen LogP contribution in [-0.2, 0) is 45.7 Å². The molecule has 2 saturated heterocycles. The van der Waals surface area contributed by atoms with Gasteiger partial charge in [0.25, 0.3) is 0 Å². The molecule has 1 spiro atoms. The Morgan fingerprint density at radius 3 is 2.38 bits per heavy atom. The molecule has 0 saturated carbocycles. The fourth-order valence-corrected chi connectivity index (χ4v) is 8.49. The van der Waals surface area contributed by atoms with Gasteiger partial charge in [0.05, 0.1) is 10.8 Å². The summed E-state index contributed by atoms with van der Waals surface area (Å²) in [6, 6.07) is 17.7. The van der Waals surface area contributed by atoms with Crippen LogP contribution < -0.4 is 16.0 Å². The molecular formula is C39H47N7O4. The number of rotatable bonds is 9. The first-order chi connectivity index (χ1) is 24.2. The number of benzene rings is 2. The summed E-state index contributed by atoms with van der Waals surface area (Å²) in [4.78, 5) is 64.7. The number of amides is 5. The Labute approximate surface area is 293 Å². The summed E-state index contributed by atoms with van der Waals surface area (Å²) in [5.41, 5.74) is 4.36. The molecule has 0 bridgehead atoms. The van der Waals surface area contributed by atoms with E-state index in [9.17, 15) is 19.2 Å². The lowest BCUT2D eigenvalue weighted by Gasteiger charge is -2.43. The molecular weight excluding hydrogens is 630 g/mol. The monoisotopic (exact) mass is 677 g/mol. The fourth-order valence-electron chi connectivity index (χ4n) is 8.49. The molecule has 7 rings (SSSR count). The SMILES string of the molecule is CCC1(C(=O)N(CC(=O)Nc2ccc3c(c2)C[C@@]2(C3)C(=O)Nc3ncccc32)Cc2ccccc2CNC)CCN(C(=O)N2CCCC2)CC1. The van der Waals surface area contributed by atoms with Crippen LogP contribution in [-0.4, -0.2) is 83.2 Å². The zero-order valence-corrected chi connectivity index (χ0v) is 29.1. The van der Waals surface area contributed by atoms with E-state index in [0.29, 0.717) is 69.8 Å². The van der Waals surface area contributed by atoms with E-state index in [1.165, 1.54) is 0 Å². The van der Waals surface area contributed by atoms with Crippen molar-refractivity contribution in [3.8, 4) is 0 Å². The van der Waals surface area contributed by atoms with Crippen LogP contribution in [0.25, 0.3) is 0 Å². The molecule has 0 unspecified atom stereocenters. The topological polar surface area (TPSA) is 127 Å². The number of aromatic nitrogens is 1. The Kier molecular flexibility index (Phi) is 9.34. The molecule has 5 amide bonds. The third kappa shape index (κ3) is 6.23. The number of hydrogen-bond acceptors (Lipinski definition) is 6. The largest absolute Gasteiger partial charge is 0.329 e. The molecule has 50 heavy (non-hydrogen) atoms. The standard InChI is InChI=1S/C39H47N7O4/c1-3-38(14-19-45(20-15-38)37(50)44-17-6-7-18-44)36(49)46(25-29-10-5-4-9-28(29)24-40-2)26-33(47)42-31-13-12-27-22-39(23-30(27)21-31)32-11-8-16-41-34(32)43-35(39)48/h4-5,8-13,16,21,40H,3,6-7,14-15,17-20,22-26H2,1-2H3,(H,42,47)(H,41,43,48)/t39-/m1/s1. The molecule has 3 aliphatic heterocycles. The van der Waals surface area contributed by atoms with Gasteiger partial charge in [-0.15, -0.1) is 0 Å². The summed E-state index contributed by atoms with van der Waals surface area (Å²) < 4.78 is 0. The van der Waals surface area contributed by atoms with Crippen molar-refractivity contribution in [2.45, 2.75) is 70.4 Å². The fraction of sp³-hybridized carbons (Fsp3) is 0.462. The van der Waals surface area contributed by atoms with Crippen LogP contribution in [0.1, 0.15) is 66.8 Å². The smallest absolute Gasteiger partial charge is 0.319 e. The summed E-state index contributed by atoms with van der Waals surface area (Å²) >= 11 is 0. The number of anilines is 2. The zero-order chi connectivity index (χ0) is 34.9. The highest BCUT2D eigenvalue weighted by Gasteiger charge is 2.51. The number of hydrogen-bond donors (Lipinski definition) is 3. The van der Waals surface area contributed by atoms with E-state index in [1.807, 2.05) is 78.4 Å². The van der Waals surface area contributed by atoms with Gasteiger partial charge < -0.3 is 30.7 Å². The number of carbonyl (C=O) groups excluding carboxylic acids is 4. The quantitative estimate of drug-likeness (QED) is 0.307. The zero-order valence-electron chi connectivity index (χ0n) is 29.1. The van der Waals surface area contributed by atoms with Crippen LogP contribution in [0.4, 0.5) is 16.3 Å². The molecule has 0 radical (unpaired) electrons. The summed E-state index contributed by atoms with van der Waals surface area (Å²) in [6.07, 6.45) is 6.64. The number of fused-ring (bicyclic) bond motifs is 3. The third-order valence-electron chi connectivity index (χ3n) is 11.4. The number of nitrogens with zero attached hydrogens (tertiary/aromatic N) is 4. The van der Waals surface area contributed by atoms with Crippen LogP contribution in [0.3, 0.4) is 0 Å². The van der Waals surface area contributed by atoms with Gasteiger partial charge in [-0.25, -0.2) is 9.78 Å². The van der Waals surface area contributed by atoms with E-state index in [4.69, 9.17) is 0 Å². The van der Waals surface area contributed by atoms with Crippen molar-refractivity contribution in [3.05, 3.63) is 88.6 Å². The maximum atomic E-state index is 14.6. The van der Waals surface area contributed by atoms with Gasteiger partial charge in [0.2, 0.25) is 17.7 Å². The van der Waals surface area contributed by atoms with Crippen molar-refractivity contribution in [1.82, 2.24) is 25.0 Å². The minimum absolute atomic E-state index is 0.0434. The number of piperidine rings is 1. The van der Waals surface area contributed by atoms with Gasteiger partial charge in [-0.1, -0.05) is 43.3 Å². The normalized spacial score (nSPS) is 20.4. The molecule has 1 aromatic heterocycles. The van der Waals surface area contributed by atoms with Crippen molar-refractivity contribution in [1.29, 1.82) is 0 Å². The lowest BCUT2D eigenvalue weighted by molar-refractivity contribution is -0.147. The van der Waals surface area contributed by atoms with E-state index in [0.717, 1.165) is 53.7 Å². The lowest BCUT2D eigenvalue weighted by atomic mass is 9.74. The van der Waals surface area contributed by atoms with E-state index in [-0.39, 0.29) is 30.3 Å². The van der Waals surface area contributed by atoms with E-state index in [1.54, 1.807) is 11.1 Å². The predicted octanol–water partition coefficient (Wildman–Crippen LogP) is 4.47. The van der Waals surface area contributed by atoms with E-state index >= 15 is 0 Å². The second kappa shape index (κ2) is 13.9. The van der Waals surface area contributed by atoms with Gasteiger partial charge in [0.15, 0.2) is 0 Å². The minimum atomic E-state index is -0.693. The Morgan fingerprint density at radius 1 is 0.920 bits per heavy atom. The van der Waals surface area contributed by atoms with E-state index < -0.39 is 10.8 Å². The second-order valence-electron chi connectivity index (χ2n) is 14.4. The first-order valence-electron chi connectivity index (χ1n) is 18.0. The molecule has 1 aliphatic carbocycles. The molecule has 11 nitrogen and oxygen atoms in total. The van der Waals surface area contributed by atoms with Crippen molar-refractivity contribution in [2.75, 3.05) is 50.4 Å². The molecule has 3 N–H and O–H groups in total. The molecule has 4 heterocycles. The number of urea groups is 1. The van der Waals surface area contributed by atoms with Crippen LogP contribution >= 0.6 is 0 Å². The average Bonchev–Trinajstić information content (AvgIpc) is 3.87. The van der Waals surface area contributed by atoms with Crippen LogP contribution in [0.15, 0.2) is 60.8 Å². The van der Waals surface area contributed by atoms with Crippen molar-refractivity contribution >= 4 is 35.3 Å². The van der Waals surface area contributed by atoms with Gasteiger partial charge in [0.1, 0.15) is 12.4 Å². The molecule has 3 aromatic rings. The molecule has 2 aromatic carbocycles. The molecule has 11 heteroatoms. The number of carbonyl (C=O) groups is 4. The molecule has 1 atom stereocenters. The Morgan fingerprint density at radius 2 is 1.64 bits per heavy atom. The van der Waals surface area contributed by atoms with E-state index in [2.05, 4.69) is 20.9 Å². The maximum absolute atomic E-state index is 14.6. The summed E-state index contributed by atoms with van der Waals surface area (Å²) in [5.74, 6) is 0.252. The van der Waals surface area contributed by atoms with Gasteiger partial charge >= 0.3 is 6.03 Å². The summed E-state index contributed by atoms with van der Waals surface area (Å²) in [7, 11) is 1.89. The highest BCUT2D eigenvalue weighted by atomic mass is 16.2. The average molecular weight is 678 g/mol. The van der Waals surface area contributed by atoms with Crippen molar-refractivity contribution < 1.29 is 19.2 Å². The number of likely N-dealkylation sites (tertiary alicyclic amines) is 2. The van der Waals surface area contributed by atoms with Gasteiger partial charge in [-0.2, -0.15) is 0 Å². The predicted molar refractivity (Wildman–Crippen MR) is 191 cm³/mol. The summed E-state index contributed by atoms with van der Waals surface area (Å²) in [5, 5.41) is 9.23. The van der Waals surface area contributed by atoms with Crippen LogP contribution in [0.2, 0.25) is 0 Å². The molecule has 262 valence electrons. The summed E-state index contributed by atoms with van der Waals surface area (Å²) in [6.45, 7) is 5.54. The van der Waals surface area contributed by atoms with Crippen molar-refractivity contribution in [3.63, 3.8) is 0 Å². The first kappa shape index (κ1) is 33.7. The van der Waals surface area contributed by atoms with Crippen LogP contribution in [0.5, 0.6) is 0 Å². The minimum Gasteiger partial charge on any atom is -0.329 e. The van der Waals surface area contributed by atoms with Crippen molar-refractivity contribution in [2.24, 2.45) is 5.41 Å². The van der Waals surface area contributed by atoms with Gasteiger partial charge in [-0.05, 0) is 92.4 Å². The number of pyridine rings is 1. The lowest BCUT2D eigenvalue weighted by Crippen LogP contribution is -2.54. The first-order valence-corrected chi connectivity index (χ1v) is 18.0.